The van der Waals surface area contributed by atoms with Gasteiger partial charge >= 0.3 is 17.9 Å². The van der Waals surface area contributed by atoms with Crippen molar-refractivity contribution in [3.05, 3.63) is 69.8 Å². The van der Waals surface area contributed by atoms with Crippen LogP contribution in [0.1, 0.15) is 54.7 Å². The van der Waals surface area contributed by atoms with Gasteiger partial charge in [0.1, 0.15) is 51.7 Å². The van der Waals surface area contributed by atoms with E-state index in [2.05, 4.69) is 5.32 Å². The third-order valence-electron chi connectivity index (χ3n) is 6.06. The number of hydrogen-bond donors (Lipinski definition) is 4. The standard InChI is InChI=1S/C29H29NO11/c1-13-7-17(31)10-21(38-5)24(13)28(36)41-19-9-15(3)25(22(12-19)39-6)29(37)40-18-8-14(2)23(20(32)11-18)26(33)30-16(4)27(34)35/h7-12,16,31-32H,1-6H3,(H,30,33)(H,34,35). The zero-order chi connectivity index (χ0) is 30.6. The van der Waals surface area contributed by atoms with Crippen LogP contribution in [0.4, 0.5) is 0 Å². The molecule has 0 aliphatic carbocycles. The summed E-state index contributed by atoms with van der Waals surface area (Å²) in [7, 11) is 2.66. The topological polar surface area (TPSA) is 178 Å². The number of amides is 1. The fraction of sp³-hybridized carbons (Fsp3) is 0.241. The molecular formula is C29H29NO11. The molecule has 12 heteroatoms. The third kappa shape index (κ3) is 6.67. The van der Waals surface area contributed by atoms with Gasteiger partial charge in [-0.25, -0.2) is 9.59 Å². The highest BCUT2D eigenvalue weighted by Gasteiger charge is 2.25. The number of ether oxygens (including phenoxy) is 4. The lowest BCUT2D eigenvalue weighted by Gasteiger charge is -2.16. The Bertz CT molecular complexity index is 1520. The Morgan fingerprint density at radius 1 is 0.707 bits per heavy atom. The van der Waals surface area contributed by atoms with Crippen molar-refractivity contribution < 1.29 is 53.4 Å². The van der Waals surface area contributed by atoms with Gasteiger partial charge in [0.05, 0.1) is 19.8 Å². The summed E-state index contributed by atoms with van der Waals surface area (Å²) in [6, 6.07) is 6.62. The first kappa shape index (κ1) is 30.3. The number of benzene rings is 3. The molecule has 0 bridgehead atoms. The van der Waals surface area contributed by atoms with Crippen LogP contribution >= 0.6 is 0 Å². The zero-order valence-corrected chi connectivity index (χ0v) is 23.1. The quantitative estimate of drug-likeness (QED) is 0.219. The molecule has 0 spiro atoms. The van der Waals surface area contributed by atoms with Crippen molar-refractivity contribution in [3.63, 3.8) is 0 Å². The minimum Gasteiger partial charge on any atom is -0.508 e. The van der Waals surface area contributed by atoms with Crippen molar-refractivity contribution >= 4 is 23.8 Å². The average Bonchev–Trinajstić information content (AvgIpc) is 2.86. The van der Waals surface area contributed by atoms with E-state index in [9.17, 15) is 29.4 Å². The first-order chi connectivity index (χ1) is 19.3. The second-order valence-electron chi connectivity index (χ2n) is 9.10. The first-order valence-corrected chi connectivity index (χ1v) is 12.1. The molecule has 216 valence electrons. The van der Waals surface area contributed by atoms with Crippen LogP contribution in [0.5, 0.6) is 34.5 Å². The van der Waals surface area contributed by atoms with E-state index in [-0.39, 0.29) is 51.0 Å². The largest absolute Gasteiger partial charge is 0.508 e. The number of carboxylic acid groups (broad SMARTS) is 1. The van der Waals surface area contributed by atoms with E-state index in [0.29, 0.717) is 11.1 Å². The van der Waals surface area contributed by atoms with Crippen LogP contribution < -0.4 is 24.3 Å². The van der Waals surface area contributed by atoms with Crippen LogP contribution in [0, 0.1) is 20.8 Å². The van der Waals surface area contributed by atoms with E-state index in [1.165, 1.54) is 58.4 Å². The van der Waals surface area contributed by atoms with Crippen LogP contribution in [-0.4, -0.2) is 59.4 Å². The van der Waals surface area contributed by atoms with Crippen molar-refractivity contribution in [1.29, 1.82) is 0 Å². The van der Waals surface area contributed by atoms with Gasteiger partial charge in [0, 0.05) is 18.2 Å². The maximum absolute atomic E-state index is 13.1. The maximum Gasteiger partial charge on any atom is 0.347 e. The number of carbonyl (C=O) groups excluding carboxylic acids is 3. The Balaban J connectivity index is 1.86. The summed E-state index contributed by atoms with van der Waals surface area (Å²) in [6.07, 6.45) is 0. The summed E-state index contributed by atoms with van der Waals surface area (Å²) < 4.78 is 21.5. The lowest BCUT2D eigenvalue weighted by atomic mass is 10.1. The fourth-order valence-electron chi connectivity index (χ4n) is 4.10. The van der Waals surface area contributed by atoms with Gasteiger partial charge in [-0.3, -0.25) is 9.59 Å². The number of aryl methyl sites for hydroxylation is 3. The van der Waals surface area contributed by atoms with Gasteiger partial charge in [0.25, 0.3) is 5.91 Å². The number of carbonyl (C=O) groups is 4. The van der Waals surface area contributed by atoms with E-state index in [4.69, 9.17) is 24.1 Å². The molecule has 1 atom stereocenters. The fourth-order valence-corrected chi connectivity index (χ4v) is 4.10. The van der Waals surface area contributed by atoms with E-state index < -0.39 is 35.6 Å². The van der Waals surface area contributed by atoms with Crippen molar-refractivity contribution in [2.24, 2.45) is 0 Å². The highest BCUT2D eigenvalue weighted by atomic mass is 16.5. The Morgan fingerprint density at radius 3 is 1.66 bits per heavy atom. The molecule has 0 aliphatic heterocycles. The highest BCUT2D eigenvalue weighted by molar-refractivity contribution is 6.01. The minimum absolute atomic E-state index is 0.0138. The van der Waals surface area contributed by atoms with Crippen LogP contribution in [0.2, 0.25) is 0 Å². The molecule has 3 aromatic carbocycles. The van der Waals surface area contributed by atoms with E-state index >= 15 is 0 Å². The van der Waals surface area contributed by atoms with Gasteiger partial charge in [0.2, 0.25) is 0 Å². The zero-order valence-electron chi connectivity index (χ0n) is 23.1. The molecule has 3 aromatic rings. The monoisotopic (exact) mass is 567 g/mol. The number of rotatable bonds is 9. The molecule has 0 saturated heterocycles. The number of methoxy groups -OCH3 is 2. The molecule has 3 rings (SSSR count). The van der Waals surface area contributed by atoms with E-state index in [1.54, 1.807) is 13.8 Å². The SMILES string of the molecule is COc1cc(O)cc(C)c1C(=O)Oc1cc(C)c(C(=O)Oc2cc(C)c(C(=O)NC(C)C(=O)O)c(O)c2)c(OC)c1. The summed E-state index contributed by atoms with van der Waals surface area (Å²) in [6.45, 7) is 5.94. The van der Waals surface area contributed by atoms with Crippen molar-refractivity contribution in [1.82, 2.24) is 5.32 Å². The Hall–Kier alpha value is -5.26. The first-order valence-electron chi connectivity index (χ1n) is 12.1. The smallest absolute Gasteiger partial charge is 0.347 e. The summed E-state index contributed by atoms with van der Waals surface area (Å²) in [5, 5.41) is 31.5. The van der Waals surface area contributed by atoms with Crippen molar-refractivity contribution in [3.8, 4) is 34.5 Å². The van der Waals surface area contributed by atoms with Crippen molar-refractivity contribution in [2.75, 3.05) is 14.2 Å². The molecule has 0 aliphatic rings. The second kappa shape index (κ2) is 12.3. The lowest BCUT2D eigenvalue weighted by molar-refractivity contribution is -0.138. The predicted octanol–water partition coefficient (Wildman–Crippen LogP) is 3.68. The molecule has 0 heterocycles. The Labute approximate surface area is 235 Å². The van der Waals surface area contributed by atoms with Crippen LogP contribution in [0.25, 0.3) is 0 Å². The predicted molar refractivity (Wildman–Crippen MR) is 144 cm³/mol. The molecule has 1 amide bonds. The van der Waals surface area contributed by atoms with Gasteiger partial charge in [-0.05, 0) is 62.6 Å². The van der Waals surface area contributed by atoms with Crippen molar-refractivity contribution in [2.45, 2.75) is 33.7 Å². The average molecular weight is 568 g/mol. The number of carboxylic acids is 1. The van der Waals surface area contributed by atoms with E-state index in [1.807, 2.05) is 0 Å². The molecule has 12 nitrogen and oxygen atoms in total. The van der Waals surface area contributed by atoms with E-state index in [0.717, 1.165) is 6.07 Å². The number of aliphatic carboxylic acids is 1. The third-order valence-corrected chi connectivity index (χ3v) is 6.06. The van der Waals surface area contributed by atoms with Crippen LogP contribution in [-0.2, 0) is 4.79 Å². The summed E-state index contributed by atoms with van der Waals surface area (Å²) in [5.74, 6) is -4.14. The summed E-state index contributed by atoms with van der Waals surface area (Å²) in [5.41, 5.74) is 0.947. The Kier molecular flexibility index (Phi) is 9.07. The number of phenols is 2. The number of nitrogens with one attached hydrogen (secondary N) is 1. The molecule has 1 unspecified atom stereocenters. The molecule has 0 aromatic heterocycles. The normalized spacial score (nSPS) is 11.3. The molecular weight excluding hydrogens is 538 g/mol. The molecule has 4 N–H and O–H groups in total. The number of phenolic OH excluding ortho intramolecular Hbond substituents is 2. The summed E-state index contributed by atoms with van der Waals surface area (Å²) >= 11 is 0. The molecule has 0 saturated carbocycles. The highest BCUT2D eigenvalue weighted by Crippen LogP contribution is 2.34. The van der Waals surface area contributed by atoms with Gasteiger partial charge in [0.15, 0.2) is 0 Å². The molecule has 41 heavy (non-hydrogen) atoms. The van der Waals surface area contributed by atoms with Gasteiger partial charge < -0.3 is 39.6 Å². The van der Waals surface area contributed by atoms with Crippen LogP contribution in [0.15, 0.2) is 36.4 Å². The lowest BCUT2D eigenvalue weighted by Crippen LogP contribution is -2.38. The summed E-state index contributed by atoms with van der Waals surface area (Å²) in [4.78, 5) is 49.5. The number of aromatic hydroxyl groups is 2. The maximum atomic E-state index is 13.1. The second-order valence-corrected chi connectivity index (χ2v) is 9.10. The minimum atomic E-state index is -1.25. The number of esters is 2. The number of hydrogen-bond acceptors (Lipinski definition) is 10. The van der Waals surface area contributed by atoms with Gasteiger partial charge in [-0.1, -0.05) is 0 Å². The molecule has 0 radical (unpaired) electrons. The van der Waals surface area contributed by atoms with Crippen LogP contribution in [0.3, 0.4) is 0 Å². The molecule has 0 fully saturated rings. The van der Waals surface area contributed by atoms with Gasteiger partial charge in [-0.15, -0.1) is 0 Å². The van der Waals surface area contributed by atoms with Gasteiger partial charge in [-0.2, -0.15) is 0 Å². The Morgan fingerprint density at radius 2 is 1.17 bits per heavy atom.